The average molecular weight is 529 g/mol. The Balaban J connectivity index is 1.47. The molecule has 2 amide bonds. The van der Waals surface area contributed by atoms with Crippen molar-refractivity contribution in [2.75, 3.05) is 25.0 Å². The molecule has 1 aliphatic heterocycles. The topological polar surface area (TPSA) is 133 Å². The van der Waals surface area contributed by atoms with Crippen LogP contribution in [0.2, 0.25) is 0 Å². The Kier molecular flexibility index (Phi) is 8.10. The summed E-state index contributed by atoms with van der Waals surface area (Å²) >= 11 is 0. The number of piperazine rings is 1. The van der Waals surface area contributed by atoms with Crippen LogP contribution < -0.4 is 16.4 Å². The number of nitrogens with zero attached hydrogens (tertiary/aromatic N) is 3. The summed E-state index contributed by atoms with van der Waals surface area (Å²) in [7, 11) is 0. The first-order valence-corrected chi connectivity index (χ1v) is 12.0. The van der Waals surface area contributed by atoms with E-state index in [0.29, 0.717) is 37.3 Å². The number of carboxylic acid groups (broad SMARTS) is 1. The van der Waals surface area contributed by atoms with Crippen LogP contribution in [0.1, 0.15) is 32.7 Å². The highest BCUT2D eigenvalue weighted by atomic mass is 19.4. The van der Waals surface area contributed by atoms with Crippen LogP contribution >= 0.6 is 0 Å². The Morgan fingerprint density at radius 1 is 1.13 bits per heavy atom. The first-order valence-electron chi connectivity index (χ1n) is 12.0. The van der Waals surface area contributed by atoms with Crippen LogP contribution in [0.25, 0.3) is 0 Å². The van der Waals surface area contributed by atoms with Crippen molar-refractivity contribution < 1.29 is 27.9 Å². The highest BCUT2D eigenvalue weighted by Gasteiger charge is 2.35. The van der Waals surface area contributed by atoms with Crippen LogP contribution in [-0.2, 0) is 25.4 Å². The van der Waals surface area contributed by atoms with Crippen molar-refractivity contribution in [2.45, 2.75) is 31.5 Å². The molecule has 9 nitrogen and oxygen atoms in total. The van der Waals surface area contributed by atoms with Crippen molar-refractivity contribution in [3.8, 4) is 0 Å². The number of benzene rings is 2. The highest BCUT2D eigenvalue weighted by molar-refractivity contribution is 5.92. The zero-order valence-corrected chi connectivity index (χ0v) is 20.3. The molecule has 0 aliphatic carbocycles. The van der Waals surface area contributed by atoms with Gasteiger partial charge in [0.15, 0.2) is 0 Å². The van der Waals surface area contributed by atoms with E-state index in [1.54, 1.807) is 36.4 Å². The lowest BCUT2D eigenvalue weighted by molar-refractivity contribution is -0.138. The van der Waals surface area contributed by atoms with Crippen molar-refractivity contribution in [3.63, 3.8) is 0 Å². The van der Waals surface area contributed by atoms with Gasteiger partial charge in [0.1, 0.15) is 0 Å². The maximum atomic E-state index is 13.6. The molecule has 12 heteroatoms. The number of amides is 2. The van der Waals surface area contributed by atoms with Gasteiger partial charge in [-0.1, -0.05) is 24.3 Å². The molecule has 200 valence electrons. The van der Waals surface area contributed by atoms with Gasteiger partial charge in [0, 0.05) is 37.1 Å². The van der Waals surface area contributed by atoms with Gasteiger partial charge in [-0.25, -0.2) is 14.8 Å². The fourth-order valence-corrected chi connectivity index (χ4v) is 4.37. The molecule has 38 heavy (non-hydrogen) atoms. The standard InChI is InChI=1S/C26H27F3N6O3/c27-26(28,29)21-15-32-24(34-22(21)9-6-16-2-1-3-18(12-16)23(30)36)33-19-7-4-17(5-8-19)13-20-14-31-10-11-35(20)25(37)38/h1-5,7-8,12,15,20,31H,6,9-11,13-14H2,(H2,30,36)(H,37,38)(H,32,33,34). The minimum absolute atomic E-state index is 0.0140. The second-order valence-corrected chi connectivity index (χ2v) is 8.98. The monoisotopic (exact) mass is 528 g/mol. The van der Waals surface area contributed by atoms with Gasteiger partial charge in [-0.05, 0) is 54.7 Å². The van der Waals surface area contributed by atoms with E-state index in [2.05, 4.69) is 20.6 Å². The Hall–Kier alpha value is -4.19. The Morgan fingerprint density at radius 3 is 2.58 bits per heavy atom. The van der Waals surface area contributed by atoms with E-state index >= 15 is 0 Å². The van der Waals surface area contributed by atoms with Crippen LogP contribution in [0.15, 0.2) is 54.7 Å². The lowest BCUT2D eigenvalue weighted by Crippen LogP contribution is -2.54. The molecular formula is C26H27F3N6O3. The summed E-state index contributed by atoms with van der Waals surface area (Å²) in [6.07, 6.45) is -4.10. The SMILES string of the molecule is NC(=O)c1cccc(CCc2nc(Nc3ccc(CC4CNCCN4C(=O)O)cc3)ncc2C(F)(F)F)c1. The zero-order chi connectivity index (χ0) is 27.3. The van der Waals surface area contributed by atoms with E-state index in [0.717, 1.165) is 11.8 Å². The molecule has 1 unspecified atom stereocenters. The number of hydrogen-bond acceptors (Lipinski definition) is 6. The molecule has 0 saturated carbocycles. The largest absolute Gasteiger partial charge is 0.465 e. The van der Waals surface area contributed by atoms with E-state index < -0.39 is 23.7 Å². The molecular weight excluding hydrogens is 501 g/mol. The number of halogens is 3. The molecule has 4 rings (SSSR count). The molecule has 3 aromatic rings. The van der Waals surface area contributed by atoms with Crippen molar-refractivity contribution in [3.05, 3.63) is 82.7 Å². The van der Waals surface area contributed by atoms with Gasteiger partial charge in [-0.2, -0.15) is 13.2 Å². The van der Waals surface area contributed by atoms with E-state index in [1.807, 2.05) is 12.1 Å². The number of aryl methyl sites for hydroxylation is 2. The van der Waals surface area contributed by atoms with Gasteiger partial charge < -0.3 is 26.4 Å². The molecule has 1 aliphatic rings. The molecule has 0 bridgehead atoms. The van der Waals surface area contributed by atoms with E-state index in [9.17, 15) is 27.9 Å². The average Bonchev–Trinajstić information content (AvgIpc) is 2.88. The van der Waals surface area contributed by atoms with E-state index in [1.165, 1.54) is 4.90 Å². The number of carbonyl (C=O) groups excluding carboxylic acids is 1. The third kappa shape index (κ3) is 6.76. The lowest BCUT2D eigenvalue weighted by Gasteiger charge is -2.34. The number of alkyl halides is 3. The van der Waals surface area contributed by atoms with Gasteiger partial charge in [-0.3, -0.25) is 4.79 Å². The fourth-order valence-electron chi connectivity index (χ4n) is 4.37. The van der Waals surface area contributed by atoms with Gasteiger partial charge in [-0.15, -0.1) is 0 Å². The Labute approximate surface area is 216 Å². The van der Waals surface area contributed by atoms with Gasteiger partial charge >= 0.3 is 12.3 Å². The van der Waals surface area contributed by atoms with Crippen molar-refractivity contribution in [1.29, 1.82) is 0 Å². The molecule has 5 N–H and O–H groups in total. The molecule has 0 spiro atoms. The summed E-state index contributed by atoms with van der Waals surface area (Å²) in [4.78, 5) is 32.3. The normalized spacial score (nSPS) is 15.8. The molecule has 0 radical (unpaired) electrons. The number of rotatable bonds is 8. The highest BCUT2D eigenvalue weighted by Crippen LogP contribution is 2.32. The molecule has 1 saturated heterocycles. The molecule has 1 atom stereocenters. The number of aromatic nitrogens is 2. The minimum Gasteiger partial charge on any atom is -0.465 e. The van der Waals surface area contributed by atoms with Crippen LogP contribution in [0.5, 0.6) is 0 Å². The molecule has 1 fully saturated rings. The number of carbonyl (C=O) groups is 2. The number of primary amides is 1. The second kappa shape index (κ2) is 11.5. The predicted octanol–water partition coefficient (Wildman–Crippen LogP) is 3.62. The van der Waals surface area contributed by atoms with Crippen LogP contribution in [-0.4, -0.2) is 57.7 Å². The van der Waals surface area contributed by atoms with Gasteiger partial charge in [0.25, 0.3) is 0 Å². The molecule has 1 aromatic heterocycles. The van der Waals surface area contributed by atoms with Crippen LogP contribution in [0, 0.1) is 0 Å². The lowest BCUT2D eigenvalue weighted by atomic mass is 10.0. The number of nitrogens with two attached hydrogens (primary N) is 1. The number of nitrogens with one attached hydrogen (secondary N) is 2. The number of hydrogen-bond donors (Lipinski definition) is 4. The maximum Gasteiger partial charge on any atom is 0.419 e. The molecule has 2 aromatic carbocycles. The molecule has 2 heterocycles. The fraction of sp³-hybridized carbons (Fsp3) is 0.308. The van der Waals surface area contributed by atoms with Crippen LogP contribution in [0.3, 0.4) is 0 Å². The summed E-state index contributed by atoms with van der Waals surface area (Å²) in [6, 6.07) is 13.4. The van der Waals surface area contributed by atoms with Crippen molar-refractivity contribution >= 4 is 23.6 Å². The Bertz CT molecular complexity index is 1300. The first kappa shape index (κ1) is 26.9. The minimum atomic E-state index is -4.62. The summed E-state index contributed by atoms with van der Waals surface area (Å²) in [6.45, 7) is 1.59. The van der Waals surface area contributed by atoms with Crippen molar-refractivity contribution in [1.82, 2.24) is 20.2 Å². The summed E-state index contributed by atoms with van der Waals surface area (Å²) in [5.74, 6) is -0.600. The van der Waals surface area contributed by atoms with Crippen LogP contribution in [0.4, 0.5) is 29.6 Å². The number of anilines is 2. The van der Waals surface area contributed by atoms with E-state index in [-0.39, 0.29) is 36.1 Å². The third-order valence-electron chi connectivity index (χ3n) is 6.31. The third-order valence-corrected chi connectivity index (χ3v) is 6.31. The summed E-state index contributed by atoms with van der Waals surface area (Å²) in [5, 5.41) is 15.5. The van der Waals surface area contributed by atoms with Crippen molar-refractivity contribution in [2.24, 2.45) is 5.73 Å². The predicted molar refractivity (Wildman–Crippen MR) is 134 cm³/mol. The zero-order valence-electron chi connectivity index (χ0n) is 20.3. The smallest absolute Gasteiger partial charge is 0.419 e. The summed E-state index contributed by atoms with van der Waals surface area (Å²) < 4.78 is 40.8. The van der Waals surface area contributed by atoms with Gasteiger partial charge in [0.2, 0.25) is 11.9 Å². The van der Waals surface area contributed by atoms with Gasteiger partial charge in [0.05, 0.1) is 17.3 Å². The Morgan fingerprint density at radius 2 is 1.89 bits per heavy atom. The second-order valence-electron chi connectivity index (χ2n) is 8.98. The maximum absolute atomic E-state index is 13.6. The first-order chi connectivity index (χ1) is 18.1. The van der Waals surface area contributed by atoms with E-state index in [4.69, 9.17) is 5.73 Å². The summed E-state index contributed by atoms with van der Waals surface area (Å²) in [5.41, 5.74) is 6.63. The quantitative estimate of drug-likeness (QED) is 0.351.